The first-order valence-corrected chi connectivity index (χ1v) is 11.6. The van der Waals surface area contributed by atoms with Crippen molar-refractivity contribution in [3.05, 3.63) is 65.0 Å². The molecule has 1 aliphatic rings. The van der Waals surface area contributed by atoms with E-state index in [2.05, 4.69) is 65.4 Å². The van der Waals surface area contributed by atoms with Crippen molar-refractivity contribution in [1.29, 1.82) is 0 Å². The normalized spacial score (nSPS) is 14.3. The first-order valence-electron chi connectivity index (χ1n) is 10.7. The number of carbonyl (C=O) groups excluding carboxylic acids is 1. The molecule has 0 saturated carbocycles. The van der Waals surface area contributed by atoms with Gasteiger partial charge in [-0.1, -0.05) is 48.5 Å². The minimum atomic E-state index is 0.128. The Morgan fingerprint density at radius 3 is 2.58 bits per heavy atom. The number of amides is 1. The highest BCUT2D eigenvalue weighted by Gasteiger charge is 2.23. The number of aryl methyl sites for hydroxylation is 1. The molecule has 1 fully saturated rings. The molecule has 0 radical (unpaired) electrons. The van der Waals surface area contributed by atoms with E-state index in [1.807, 2.05) is 11.0 Å². The number of carbonyl (C=O) groups is 1. The number of para-hydroxylation sites is 1. The first-order chi connectivity index (χ1) is 15.3. The van der Waals surface area contributed by atoms with Crippen molar-refractivity contribution in [2.24, 2.45) is 0 Å². The maximum atomic E-state index is 12.7. The predicted molar refractivity (Wildman–Crippen MR) is 125 cm³/mol. The fourth-order valence-corrected chi connectivity index (χ4v) is 5.12. The second-order valence-corrected chi connectivity index (χ2v) is 8.59. The lowest BCUT2D eigenvalue weighted by molar-refractivity contribution is -0.134. The van der Waals surface area contributed by atoms with Crippen LogP contribution in [-0.2, 0) is 22.5 Å². The van der Waals surface area contributed by atoms with E-state index in [4.69, 9.17) is 9.72 Å². The average Bonchev–Trinajstić information content (AvgIpc) is 3.42. The minimum absolute atomic E-state index is 0.128. The fraction of sp³-hybridized carbons (Fsp3) is 0.280. The third-order valence-corrected chi connectivity index (χ3v) is 6.66. The lowest BCUT2D eigenvalue weighted by Gasteiger charge is -2.26. The molecule has 0 aliphatic carbocycles. The monoisotopic (exact) mass is 431 g/mol. The smallest absolute Gasteiger partial charge is 0.229 e. The Morgan fingerprint density at radius 2 is 1.81 bits per heavy atom. The van der Waals surface area contributed by atoms with E-state index >= 15 is 0 Å². The quantitative estimate of drug-likeness (QED) is 0.454. The van der Waals surface area contributed by atoms with Crippen LogP contribution >= 0.6 is 11.3 Å². The van der Waals surface area contributed by atoms with E-state index < -0.39 is 0 Å². The van der Waals surface area contributed by atoms with Gasteiger partial charge in [0.1, 0.15) is 5.01 Å². The number of fused-ring (bicyclic) bond motifs is 1. The number of nitrogens with zero attached hydrogens (tertiary/aromatic N) is 3. The van der Waals surface area contributed by atoms with Gasteiger partial charge in [0.05, 0.1) is 31.0 Å². The van der Waals surface area contributed by atoms with Crippen LogP contribution in [0, 0.1) is 0 Å². The molecular weight excluding hydrogens is 406 g/mol. The van der Waals surface area contributed by atoms with E-state index in [9.17, 15) is 4.79 Å². The van der Waals surface area contributed by atoms with Crippen molar-refractivity contribution in [2.75, 3.05) is 26.3 Å². The number of thiazole rings is 1. The summed E-state index contributed by atoms with van der Waals surface area (Å²) in [7, 11) is 0. The van der Waals surface area contributed by atoms with Crippen molar-refractivity contribution in [3.8, 4) is 22.5 Å². The number of rotatable bonds is 5. The summed E-state index contributed by atoms with van der Waals surface area (Å²) < 4.78 is 7.72. The second kappa shape index (κ2) is 8.65. The number of hydrogen-bond acceptors (Lipinski definition) is 4. The number of hydrogen-bond donors (Lipinski definition) is 0. The van der Waals surface area contributed by atoms with Crippen molar-refractivity contribution in [1.82, 2.24) is 14.5 Å². The third kappa shape index (κ3) is 3.77. The minimum Gasteiger partial charge on any atom is -0.378 e. The molecule has 1 saturated heterocycles. The fourth-order valence-electron chi connectivity index (χ4n) is 4.35. The van der Waals surface area contributed by atoms with Crippen molar-refractivity contribution < 1.29 is 9.53 Å². The largest absolute Gasteiger partial charge is 0.378 e. The molecule has 5 nitrogen and oxygen atoms in total. The Kier molecular flexibility index (Phi) is 5.57. The van der Waals surface area contributed by atoms with Crippen molar-refractivity contribution >= 4 is 28.1 Å². The van der Waals surface area contributed by atoms with Gasteiger partial charge in [-0.15, -0.1) is 11.3 Å². The SMILES string of the molecule is CCn1c(-c2ccccc2)c(-c2csc(CC(=O)N3CCOCC3)n2)c2ccccc21. The highest BCUT2D eigenvalue weighted by Crippen LogP contribution is 2.41. The van der Waals surface area contributed by atoms with Gasteiger partial charge in [-0.2, -0.15) is 0 Å². The van der Waals surface area contributed by atoms with Crippen molar-refractivity contribution in [3.63, 3.8) is 0 Å². The van der Waals surface area contributed by atoms with Crippen LogP contribution in [0.5, 0.6) is 0 Å². The molecule has 0 bridgehead atoms. The summed E-state index contributed by atoms with van der Waals surface area (Å²) in [5, 5.41) is 4.15. The average molecular weight is 432 g/mol. The molecule has 3 heterocycles. The molecule has 158 valence electrons. The molecule has 0 spiro atoms. The van der Waals surface area contributed by atoms with Crippen LogP contribution in [0.4, 0.5) is 0 Å². The summed E-state index contributed by atoms with van der Waals surface area (Å²) in [4.78, 5) is 19.5. The maximum absolute atomic E-state index is 12.7. The molecule has 31 heavy (non-hydrogen) atoms. The standard InChI is InChI=1S/C25H25N3O2S/c1-2-28-21-11-7-6-10-19(21)24(25(28)18-8-4-3-5-9-18)20-17-31-22(26-20)16-23(29)27-12-14-30-15-13-27/h3-11,17H,2,12-16H2,1H3. The molecule has 1 aliphatic heterocycles. The number of ether oxygens (including phenoxy) is 1. The van der Waals surface area contributed by atoms with Gasteiger partial charge < -0.3 is 14.2 Å². The highest BCUT2D eigenvalue weighted by molar-refractivity contribution is 7.10. The molecule has 1 amide bonds. The van der Waals surface area contributed by atoms with E-state index in [1.165, 1.54) is 22.2 Å². The summed E-state index contributed by atoms with van der Waals surface area (Å²) >= 11 is 1.57. The molecule has 2 aromatic heterocycles. The lowest BCUT2D eigenvalue weighted by atomic mass is 10.0. The van der Waals surface area contributed by atoms with Gasteiger partial charge in [0, 0.05) is 41.5 Å². The Morgan fingerprint density at radius 1 is 1.06 bits per heavy atom. The van der Waals surface area contributed by atoms with Crippen LogP contribution in [0.1, 0.15) is 11.9 Å². The van der Waals surface area contributed by atoms with Crippen LogP contribution in [0.15, 0.2) is 60.0 Å². The van der Waals surface area contributed by atoms with Gasteiger partial charge in [-0.05, 0) is 18.6 Å². The van der Waals surface area contributed by atoms with Gasteiger partial charge in [0.15, 0.2) is 0 Å². The molecule has 0 N–H and O–H groups in total. The molecule has 5 rings (SSSR count). The third-order valence-electron chi connectivity index (χ3n) is 5.81. The van der Waals surface area contributed by atoms with Crippen LogP contribution in [0.3, 0.4) is 0 Å². The Balaban J connectivity index is 1.57. The van der Waals surface area contributed by atoms with Gasteiger partial charge >= 0.3 is 0 Å². The van der Waals surface area contributed by atoms with Gasteiger partial charge in [0.2, 0.25) is 5.91 Å². The first kappa shape index (κ1) is 20.0. The van der Waals surface area contributed by atoms with Crippen LogP contribution in [0.2, 0.25) is 0 Å². The van der Waals surface area contributed by atoms with E-state index in [0.29, 0.717) is 32.7 Å². The summed E-state index contributed by atoms with van der Waals surface area (Å²) in [6.45, 7) is 5.61. The van der Waals surface area contributed by atoms with Crippen molar-refractivity contribution in [2.45, 2.75) is 19.9 Å². The second-order valence-electron chi connectivity index (χ2n) is 7.65. The Labute approximate surface area is 185 Å². The number of aromatic nitrogens is 2. The maximum Gasteiger partial charge on any atom is 0.229 e. The van der Waals surface area contributed by atoms with E-state index in [0.717, 1.165) is 22.8 Å². The Hall–Kier alpha value is -2.96. The zero-order chi connectivity index (χ0) is 21.2. The highest BCUT2D eigenvalue weighted by atomic mass is 32.1. The summed E-state index contributed by atoms with van der Waals surface area (Å²) in [5.74, 6) is 0.128. The molecule has 6 heteroatoms. The molecule has 2 aromatic carbocycles. The summed E-state index contributed by atoms with van der Waals surface area (Å²) in [6, 6.07) is 19.0. The van der Waals surface area contributed by atoms with E-state index in [1.54, 1.807) is 11.3 Å². The van der Waals surface area contributed by atoms with Crippen LogP contribution < -0.4 is 0 Å². The Bertz CT molecular complexity index is 1210. The number of benzene rings is 2. The number of morpholine rings is 1. The van der Waals surface area contributed by atoms with Crippen LogP contribution in [0.25, 0.3) is 33.4 Å². The summed E-state index contributed by atoms with van der Waals surface area (Å²) in [5.41, 5.74) is 5.65. The van der Waals surface area contributed by atoms with Gasteiger partial charge in [-0.3, -0.25) is 4.79 Å². The summed E-state index contributed by atoms with van der Waals surface area (Å²) in [6.07, 6.45) is 0.345. The van der Waals surface area contributed by atoms with Gasteiger partial charge in [0.25, 0.3) is 0 Å². The molecular formula is C25H25N3O2S. The van der Waals surface area contributed by atoms with E-state index in [-0.39, 0.29) is 5.91 Å². The zero-order valence-electron chi connectivity index (χ0n) is 17.6. The molecule has 0 atom stereocenters. The molecule has 4 aromatic rings. The predicted octanol–water partition coefficient (Wildman–Crippen LogP) is 4.85. The lowest BCUT2D eigenvalue weighted by Crippen LogP contribution is -2.41. The van der Waals surface area contributed by atoms with Gasteiger partial charge in [-0.25, -0.2) is 4.98 Å². The topological polar surface area (TPSA) is 47.4 Å². The molecule has 0 unspecified atom stereocenters. The van der Waals surface area contributed by atoms with Crippen LogP contribution in [-0.4, -0.2) is 46.7 Å². The zero-order valence-corrected chi connectivity index (χ0v) is 18.4.